The van der Waals surface area contributed by atoms with Crippen LogP contribution in [-0.2, 0) is 17.8 Å². The molecule has 7 nitrogen and oxygen atoms in total. The lowest BCUT2D eigenvalue weighted by atomic mass is 10.1. The Morgan fingerprint density at radius 1 is 0.838 bits per heavy atom. The molecule has 0 atom stereocenters. The molecule has 1 aliphatic heterocycles. The van der Waals surface area contributed by atoms with Crippen LogP contribution in [0.2, 0.25) is 10.0 Å². The second kappa shape index (κ2) is 12.8. The Kier molecular flexibility index (Phi) is 9.28. The molecular weight excluding hydrogens is 511 g/mol. The molecule has 9 heteroatoms. The highest BCUT2D eigenvalue weighted by Gasteiger charge is 2.23. The average Bonchev–Trinajstić information content (AvgIpc) is 2.91. The molecule has 194 valence electrons. The number of halogens is 2. The summed E-state index contributed by atoms with van der Waals surface area (Å²) in [5, 5.41) is 15.6. The number of hydrogen-bond acceptors (Lipinski definition) is 4. The number of urea groups is 1. The van der Waals surface area contributed by atoms with Crippen LogP contribution in [0.3, 0.4) is 0 Å². The zero-order valence-electron chi connectivity index (χ0n) is 20.4. The fourth-order valence-corrected chi connectivity index (χ4v) is 4.89. The van der Waals surface area contributed by atoms with Crippen LogP contribution in [0.1, 0.15) is 24.0 Å². The van der Waals surface area contributed by atoms with E-state index in [1.54, 1.807) is 17.0 Å². The minimum Gasteiger partial charge on any atom is -0.392 e. The van der Waals surface area contributed by atoms with E-state index in [9.17, 15) is 14.7 Å². The Hall–Kier alpha value is -3.26. The zero-order chi connectivity index (χ0) is 26.2. The van der Waals surface area contributed by atoms with Gasteiger partial charge in [0, 0.05) is 44.0 Å². The molecular formula is C28H30Cl2N4O3. The Morgan fingerprint density at radius 2 is 1.49 bits per heavy atom. The van der Waals surface area contributed by atoms with Crippen molar-refractivity contribution < 1.29 is 14.7 Å². The van der Waals surface area contributed by atoms with Gasteiger partial charge in [0.15, 0.2) is 0 Å². The molecule has 3 aromatic rings. The third kappa shape index (κ3) is 7.38. The second-order valence-corrected chi connectivity index (χ2v) is 9.75. The van der Waals surface area contributed by atoms with Gasteiger partial charge in [0.05, 0.1) is 22.3 Å². The number of aliphatic hydroxyl groups is 1. The topological polar surface area (TPSA) is 84.9 Å². The number of benzene rings is 3. The SMILES string of the molecule is O=C(CCCc1ccccc1)Nc1ccc(N2CCN(C(=O)Nc3c(Cl)cc(CO)cc3Cl)CC2)cc1. The predicted octanol–water partition coefficient (Wildman–Crippen LogP) is 5.80. The molecule has 3 aromatic carbocycles. The van der Waals surface area contributed by atoms with Crippen LogP contribution >= 0.6 is 23.2 Å². The molecule has 37 heavy (non-hydrogen) atoms. The molecule has 1 saturated heterocycles. The van der Waals surface area contributed by atoms with E-state index >= 15 is 0 Å². The summed E-state index contributed by atoms with van der Waals surface area (Å²) in [5.74, 6) is 0.00881. The van der Waals surface area contributed by atoms with Gasteiger partial charge in [-0.3, -0.25) is 4.79 Å². The number of nitrogens with zero attached hydrogens (tertiary/aromatic N) is 2. The largest absolute Gasteiger partial charge is 0.392 e. The Bertz CT molecular complexity index is 1190. The molecule has 3 amide bonds. The Balaban J connectivity index is 1.23. The van der Waals surface area contributed by atoms with E-state index in [2.05, 4.69) is 27.7 Å². The first kappa shape index (κ1) is 26.8. The third-order valence-corrected chi connectivity index (χ3v) is 6.91. The highest BCUT2D eigenvalue weighted by molar-refractivity contribution is 6.39. The molecule has 1 heterocycles. The fraction of sp³-hybridized carbons (Fsp3) is 0.286. The summed E-state index contributed by atoms with van der Waals surface area (Å²) in [6.07, 6.45) is 2.16. The van der Waals surface area contributed by atoms with Crippen LogP contribution in [0.5, 0.6) is 0 Å². The molecule has 0 spiro atoms. The highest BCUT2D eigenvalue weighted by atomic mass is 35.5. The summed E-state index contributed by atoms with van der Waals surface area (Å²) < 4.78 is 0. The van der Waals surface area contributed by atoms with Crippen molar-refractivity contribution in [1.29, 1.82) is 0 Å². The summed E-state index contributed by atoms with van der Waals surface area (Å²) >= 11 is 12.5. The number of aryl methyl sites for hydroxylation is 1. The first-order chi connectivity index (χ1) is 17.9. The summed E-state index contributed by atoms with van der Waals surface area (Å²) in [6, 6.07) is 20.8. The van der Waals surface area contributed by atoms with Gasteiger partial charge in [0.2, 0.25) is 5.91 Å². The van der Waals surface area contributed by atoms with Crippen LogP contribution in [0.4, 0.5) is 21.9 Å². The molecule has 1 aliphatic rings. The monoisotopic (exact) mass is 540 g/mol. The van der Waals surface area contributed by atoms with Crippen LogP contribution in [0, 0.1) is 0 Å². The van der Waals surface area contributed by atoms with Crippen molar-refractivity contribution >= 4 is 52.2 Å². The minimum absolute atomic E-state index is 0.00881. The highest BCUT2D eigenvalue weighted by Crippen LogP contribution is 2.32. The van der Waals surface area contributed by atoms with Crippen LogP contribution < -0.4 is 15.5 Å². The normalized spacial score (nSPS) is 13.4. The van der Waals surface area contributed by atoms with Gasteiger partial charge < -0.3 is 25.5 Å². The molecule has 4 rings (SSSR count). The van der Waals surface area contributed by atoms with Crippen molar-refractivity contribution in [3.63, 3.8) is 0 Å². The van der Waals surface area contributed by atoms with Crippen molar-refractivity contribution in [3.8, 4) is 0 Å². The lowest BCUT2D eigenvalue weighted by molar-refractivity contribution is -0.116. The Morgan fingerprint density at radius 3 is 2.11 bits per heavy atom. The predicted molar refractivity (Wildman–Crippen MR) is 150 cm³/mol. The van der Waals surface area contributed by atoms with Gasteiger partial charge in [-0.2, -0.15) is 0 Å². The molecule has 0 saturated carbocycles. The molecule has 1 fully saturated rings. The number of rotatable bonds is 8. The van der Waals surface area contributed by atoms with Gasteiger partial charge in [0.1, 0.15) is 0 Å². The number of carbonyl (C=O) groups excluding carboxylic acids is 2. The number of nitrogens with one attached hydrogen (secondary N) is 2. The first-order valence-electron chi connectivity index (χ1n) is 12.3. The van der Waals surface area contributed by atoms with Crippen LogP contribution in [0.15, 0.2) is 66.7 Å². The second-order valence-electron chi connectivity index (χ2n) is 8.93. The van der Waals surface area contributed by atoms with E-state index in [-0.39, 0.29) is 28.6 Å². The van der Waals surface area contributed by atoms with Crippen molar-refractivity contribution in [2.75, 3.05) is 41.7 Å². The molecule has 0 unspecified atom stereocenters. The van der Waals surface area contributed by atoms with Gasteiger partial charge in [-0.15, -0.1) is 0 Å². The van der Waals surface area contributed by atoms with Crippen molar-refractivity contribution in [3.05, 3.63) is 87.9 Å². The average molecular weight is 541 g/mol. The van der Waals surface area contributed by atoms with E-state index in [1.165, 1.54) is 5.56 Å². The standard InChI is InChI=1S/C28H30Cl2N4O3/c29-24-17-21(19-35)18-25(30)27(24)32-28(37)34-15-13-33(14-16-34)23-11-9-22(10-12-23)31-26(36)8-4-7-20-5-2-1-3-6-20/h1-3,5-6,9-12,17-18,35H,4,7-8,13-16,19H2,(H,31,36)(H,32,37). The van der Waals surface area contributed by atoms with E-state index in [0.29, 0.717) is 43.9 Å². The van der Waals surface area contributed by atoms with E-state index in [1.807, 2.05) is 42.5 Å². The number of anilines is 3. The van der Waals surface area contributed by atoms with Gasteiger partial charge in [-0.25, -0.2) is 4.79 Å². The summed E-state index contributed by atoms with van der Waals surface area (Å²) in [6.45, 7) is 2.23. The summed E-state index contributed by atoms with van der Waals surface area (Å²) in [4.78, 5) is 29.0. The van der Waals surface area contributed by atoms with Gasteiger partial charge in [-0.05, 0) is 60.4 Å². The third-order valence-electron chi connectivity index (χ3n) is 6.31. The molecule has 0 bridgehead atoms. The molecule has 0 radical (unpaired) electrons. The summed E-state index contributed by atoms with van der Waals surface area (Å²) in [5.41, 5.74) is 3.96. The van der Waals surface area contributed by atoms with Gasteiger partial charge in [0.25, 0.3) is 0 Å². The summed E-state index contributed by atoms with van der Waals surface area (Å²) in [7, 11) is 0. The number of amides is 3. The number of carbonyl (C=O) groups is 2. The lowest BCUT2D eigenvalue weighted by Crippen LogP contribution is -2.50. The fourth-order valence-electron chi connectivity index (χ4n) is 4.27. The maximum absolute atomic E-state index is 12.8. The van der Waals surface area contributed by atoms with Crippen LogP contribution in [-0.4, -0.2) is 48.1 Å². The number of hydrogen-bond donors (Lipinski definition) is 3. The minimum atomic E-state index is -0.273. The number of piperazine rings is 1. The van der Waals surface area contributed by atoms with Crippen molar-refractivity contribution in [1.82, 2.24) is 4.90 Å². The quantitative estimate of drug-likeness (QED) is 0.337. The first-order valence-corrected chi connectivity index (χ1v) is 13.0. The maximum Gasteiger partial charge on any atom is 0.322 e. The van der Waals surface area contributed by atoms with Gasteiger partial charge >= 0.3 is 6.03 Å². The van der Waals surface area contributed by atoms with Crippen molar-refractivity contribution in [2.45, 2.75) is 25.9 Å². The van der Waals surface area contributed by atoms with Crippen molar-refractivity contribution in [2.24, 2.45) is 0 Å². The lowest BCUT2D eigenvalue weighted by Gasteiger charge is -2.36. The number of aliphatic hydroxyl groups excluding tert-OH is 1. The Labute approximate surface area is 227 Å². The van der Waals surface area contributed by atoms with Gasteiger partial charge in [-0.1, -0.05) is 53.5 Å². The molecule has 0 aliphatic carbocycles. The van der Waals surface area contributed by atoms with E-state index in [0.717, 1.165) is 24.2 Å². The van der Waals surface area contributed by atoms with E-state index in [4.69, 9.17) is 23.2 Å². The van der Waals surface area contributed by atoms with Crippen LogP contribution in [0.25, 0.3) is 0 Å². The molecule has 0 aromatic heterocycles. The zero-order valence-corrected chi connectivity index (χ0v) is 21.9. The smallest absolute Gasteiger partial charge is 0.322 e. The van der Waals surface area contributed by atoms with E-state index < -0.39 is 0 Å². The maximum atomic E-state index is 12.8. The molecule has 3 N–H and O–H groups in total.